The number of benzene rings is 2. The zero-order chi connectivity index (χ0) is 21.9. The first-order chi connectivity index (χ1) is 14.1. The molecule has 0 spiro atoms. The minimum Gasteiger partial charge on any atom is -0.343 e. The molecule has 1 aliphatic rings. The van der Waals surface area contributed by atoms with Crippen LogP contribution in [0, 0.1) is 0 Å². The maximum atomic E-state index is 13.3. The number of carbonyl (C=O) groups is 1. The lowest BCUT2D eigenvalue weighted by Crippen LogP contribution is -2.49. The van der Waals surface area contributed by atoms with Gasteiger partial charge in [0.2, 0.25) is 10.0 Å². The van der Waals surface area contributed by atoms with Crippen LogP contribution >= 0.6 is 0 Å². The molecule has 3 rings (SSSR count). The Kier molecular flexibility index (Phi) is 6.49. The monoisotopic (exact) mass is 441 g/mol. The van der Waals surface area contributed by atoms with Crippen molar-refractivity contribution < 1.29 is 26.4 Å². The molecule has 1 N–H and O–H groups in total. The second kappa shape index (κ2) is 8.75. The molecule has 10 heteroatoms. The number of halogens is 3. The average molecular weight is 441 g/mol. The Morgan fingerprint density at radius 2 is 1.70 bits per heavy atom. The SMILES string of the molecule is CN1CCN(S(=O)(=O)c2ccc(C(=O)NCC(F)(F)F)cc2)[C@@H](c2ccccc2)C1. The normalized spacial score (nSPS) is 18.9. The second-order valence-corrected chi connectivity index (χ2v) is 9.02. The average Bonchev–Trinajstić information content (AvgIpc) is 2.72. The Balaban J connectivity index is 1.82. The lowest BCUT2D eigenvalue weighted by Gasteiger charge is -2.39. The summed E-state index contributed by atoms with van der Waals surface area (Å²) in [6.07, 6.45) is -4.52. The van der Waals surface area contributed by atoms with E-state index in [1.165, 1.54) is 28.6 Å². The van der Waals surface area contributed by atoms with E-state index < -0.39 is 28.7 Å². The highest BCUT2D eigenvalue weighted by atomic mass is 32.2. The van der Waals surface area contributed by atoms with Crippen LogP contribution in [0.2, 0.25) is 0 Å². The molecule has 0 aromatic heterocycles. The van der Waals surface area contributed by atoms with Gasteiger partial charge in [0.15, 0.2) is 0 Å². The maximum Gasteiger partial charge on any atom is 0.405 e. The summed E-state index contributed by atoms with van der Waals surface area (Å²) < 4.78 is 64.8. The Morgan fingerprint density at radius 1 is 1.07 bits per heavy atom. The minimum atomic E-state index is -4.52. The number of rotatable bonds is 5. The van der Waals surface area contributed by atoms with Gasteiger partial charge in [-0.25, -0.2) is 8.42 Å². The smallest absolute Gasteiger partial charge is 0.343 e. The number of sulfonamides is 1. The number of nitrogens with one attached hydrogen (secondary N) is 1. The second-order valence-electron chi connectivity index (χ2n) is 7.13. The van der Waals surface area contributed by atoms with Gasteiger partial charge in [0.1, 0.15) is 6.54 Å². The van der Waals surface area contributed by atoms with Crippen LogP contribution in [0.3, 0.4) is 0 Å². The molecule has 0 saturated carbocycles. The van der Waals surface area contributed by atoms with Gasteiger partial charge in [-0.3, -0.25) is 4.79 Å². The topological polar surface area (TPSA) is 69.7 Å². The van der Waals surface area contributed by atoms with E-state index in [0.717, 1.165) is 5.56 Å². The number of likely N-dealkylation sites (N-methyl/N-ethyl adjacent to an activating group) is 1. The highest BCUT2D eigenvalue weighted by Crippen LogP contribution is 2.30. The summed E-state index contributed by atoms with van der Waals surface area (Å²) in [6, 6.07) is 13.9. The van der Waals surface area contributed by atoms with Gasteiger partial charge in [-0.2, -0.15) is 17.5 Å². The van der Waals surface area contributed by atoms with Crippen molar-refractivity contribution in [3.8, 4) is 0 Å². The van der Waals surface area contributed by atoms with E-state index in [4.69, 9.17) is 0 Å². The highest BCUT2D eigenvalue weighted by molar-refractivity contribution is 7.89. The molecule has 0 radical (unpaired) electrons. The lowest BCUT2D eigenvalue weighted by molar-refractivity contribution is -0.123. The fourth-order valence-electron chi connectivity index (χ4n) is 3.33. The van der Waals surface area contributed by atoms with E-state index in [2.05, 4.69) is 4.90 Å². The zero-order valence-electron chi connectivity index (χ0n) is 16.3. The summed E-state index contributed by atoms with van der Waals surface area (Å²) in [5, 5.41) is 1.76. The summed E-state index contributed by atoms with van der Waals surface area (Å²) in [6.45, 7) is -0.0557. The largest absolute Gasteiger partial charge is 0.405 e. The molecule has 2 aromatic carbocycles. The van der Waals surface area contributed by atoms with Crippen molar-refractivity contribution in [2.24, 2.45) is 0 Å². The summed E-state index contributed by atoms with van der Waals surface area (Å²) in [4.78, 5) is 13.9. The van der Waals surface area contributed by atoms with E-state index in [1.807, 2.05) is 37.4 Å². The molecular formula is C20H22F3N3O3S. The van der Waals surface area contributed by atoms with Crippen molar-refractivity contribution in [2.45, 2.75) is 17.1 Å². The Labute approximate surface area is 173 Å². The third-order valence-electron chi connectivity index (χ3n) is 4.89. The van der Waals surface area contributed by atoms with Gasteiger partial charge < -0.3 is 10.2 Å². The molecule has 1 heterocycles. The number of nitrogens with zero attached hydrogens (tertiary/aromatic N) is 2. The summed E-state index contributed by atoms with van der Waals surface area (Å²) >= 11 is 0. The van der Waals surface area contributed by atoms with Crippen LogP contribution in [-0.2, 0) is 10.0 Å². The van der Waals surface area contributed by atoms with Crippen molar-refractivity contribution >= 4 is 15.9 Å². The van der Waals surface area contributed by atoms with Crippen LogP contribution in [0.25, 0.3) is 0 Å². The van der Waals surface area contributed by atoms with Gasteiger partial charge in [-0.1, -0.05) is 30.3 Å². The molecule has 0 aliphatic carbocycles. The van der Waals surface area contributed by atoms with E-state index in [-0.39, 0.29) is 16.5 Å². The van der Waals surface area contributed by atoms with Gasteiger partial charge in [0, 0.05) is 25.2 Å². The molecule has 162 valence electrons. The van der Waals surface area contributed by atoms with Crippen LogP contribution in [0.5, 0.6) is 0 Å². The molecule has 2 aromatic rings. The molecule has 6 nitrogen and oxygen atoms in total. The summed E-state index contributed by atoms with van der Waals surface area (Å²) in [5.41, 5.74) is 0.826. The van der Waals surface area contributed by atoms with Crippen molar-refractivity contribution in [1.29, 1.82) is 0 Å². The van der Waals surface area contributed by atoms with Gasteiger partial charge in [-0.15, -0.1) is 0 Å². The van der Waals surface area contributed by atoms with Gasteiger partial charge in [0.25, 0.3) is 5.91 Å². The number of carbonyl (C=O) groups excluding carboxylic acids is 1. The van der Waals surface area contributed by atoms with Crippen LogP contribution in [0.1, 0.15) is 22.0 Å². The number of alkyl halides is 3. The predicted octanol–water partition coefficient (Wildman–Crippen LogP) is 2.66. The summed E-state index contributed by atoms with van der Waals surface area (Å²) in [7, 11) is -1.94. The third kappa shape index (κ3) is 5.18. The molecule has 30 heavy (non-hydrogen) atoms. The van der Waals surface area contributed by atoms with Crippen LogP contribution in [0.4, 0.5) is 13.2 Å². The molecule has 1 atom stereocenters. The summed E-state index contributed by atoms with van der Waals surface area (Å²) in [5.74, 6) is -0.918. The molecule has 1 aliphatic heterocycles. The lowest BCUT2D eigenvalue weighted by atomic mass is 10.1. The van der Waals surface area contributed by atoms with Gasteiger partial charge in [0.05, 0.1) is 10.9 Å². The van der Waals surface area contributed by atoms with Crippen LogP contribution in [-0.4, -0.2) is 62.9 Å². The number of piperazine rings is 1. The molecular weight excluding hydrogens is 419 g/mol. The van der Waals surface area contributed by atoms with E-state index in [9.17, 15) is 26.4 Å². The number of amides is 1. The number of hydrogen-bond acceptors (Lipinski definition) is 4. The van der Waals surface area contributed by atoms with Gasteiger partial charge in [-0.05, 0) is 36.9 Å². The molecule has 1 fully saturated rings. The van der Waals surface area contributed by atoms with Crippen LogP contribution in [0.15, 0.2) is 59.5 Å². The van der Waals surface area contributed by atoms with E-state index in [0.29, 0.717) is 19.6 Å². The molecule has 0 bridgehead atoms. The predicted molar refractivity (Wildman–Crippen MR) is 105 cm³/mol. The quantitative estimate of drug-likeness (QED) is 0.775. The van der Waals surface area contributed by atoms with E-state index >= 15 is 0 Å². The standard InChI is InChI=1S/C20H22F3N3O3S/c1-25-11-12-26(18(13-25)15-5-3-2-4-6-15)30(28,29)17-9-7-16(8-10-17)19(27)24-14-20(21,22)23/h2-10,18H,11-14H2,1H3,(H,24,27)/t18-/m1/s1. The first-order valence-electron chi connectivity index (χ1n) is 9.28. The minimum absolute atomic E-state index is 0.0136. The van der Waals surface area contributed by atoms with Crippen molar-refractivity contribution in [1.82, 2.24) is 14.5 Å². The zero-order valence-corrected chi connectivity index (χ0v) is 17.1. The highest BCUT2D eigenvalue weighted by Gasteiger charge is 2.36. The van der Waals surface area contributed by atoms with Crippen molar-refractivity contribution in [2.75, 3.05) is 33.2 Å². The Hall–Kier alpha value is -2.43. The van der Waals surface area contributed by atoms with Gasteiger partial charge >= 0.3 is 6.18 Å². The van der Waals surface area contributed by atoms with E-state index in [1.54, 1.807) is 5.32 Å². The fraction of sp³-hybridized carbons (Fsp3) is 0.350. The van der Waals surface area contributed by atoms with Crippen LogP contribution < -0.4 is 5.32 Å². The fourth-order valence-corrected chi connectivity index (χ4v) is 4.93. The molecule has 1 saturated heterocycles. The van der Waals surface area contributed by atoms with Crippen molar-refractivity contribution in [3.63, 3.8) is 0 Å². The Morgan fingerprint density at radius 3 is 2.30 bits per heavy atom. The molecule has 1 amide bonds. The maximum absolute atomic E-state index is 13.3. The third-order valence-corrected chi connectivity index (χ3v) is 6.81. The molecule has 0 unspecified atom stereocenters. The first-order valence-corrected chi connectivity index (χ1v) is 10.7. The first kappa shape index (κ1) is 22.3. The Bertz CT molecular complexity index is 980. The van der Waals surface area contributed by atoms with Crippen molar-refractivity contribution in [3.05, 3.63) is 65.7 Å². The number of hydrogen-bond donors (Lipinski definition) is 1.